The Morgan fingerprint density at radius 2 is 0.859 bits per heavy atom. The number of hydrogen-bond donors (Lipinski definition) is 2. The molecule has 3 unspecified atom stereocenters. The average Bonchev–Trinajstić information content (AvgIpc) is 3.33. The molecule has 0 fully saturated rings. The summed E-state index contributed by atoms with van der Waals surface area (Å²) >= 11 is 0. The highest BCUT2D eigenvalue weighted by Gasteiger charge is 2.23. The van der Waals surface area contributed by atoms with Crippen molar-refractivity contribution in [1.29, 1.82) is 0 Å². The van der Waals surface area contributed by atoms with Crippen LogP contribution in [-0.4, -0.2) is 68.5 Å². The minimum atomic E-state index is -4.61. The molecule has 0 heterocycles. The van der Waals surface area contributed by atoms with Crippen LogP contribution in [0.4, 0.5) is 0 Å². The van der Waals surface area contributed by atoms with Gasteiger partial charge in [-0.25, -0.2) is 0 Å². The molecule has 0 saturated carbocycles. The van der Waals surface area contributed by atoms with E-state index >= 15 is 0 Å². The van der Waals surface area contributed by atoms with E-state index in [0.717, 1.165) is 77.0 Å². The molecule has 0 aliphatic carbocycles. The summed E-state index contributed by atoms with van der Waals surface area (Å²) < 4.78 is 23.3. The first-order valence-corrected chi connectivity index (χ1v) is 31.6. The molecule has 0 aliphatic rings. The van der Waals surface area contributed by atoms with Gasteiger partial charge in [-0.1, -0.05) is 274 Å². The topological polar surface area (TPSA) is 108 Å². The van der Waals surface area contributed by atoms with E-state index < -0.39 is 26.6 Å². The Kier molecular flexibility index (Phi) is 51.7. The lowest BCUT2D eigenvalue weighted by atomic mass is 10.0. The lowest BCUT2D eigenvalue weighted by Crippen LogP contribution is -2.45. The third-order valence-electron chi connectivity index (χ3n) is 13.5. The standard InChI is InChI=1S/C62H117N2O6P/c1-6-8-10-12-14-16-18-20-22-24-25-26-27-28-29-30-31-32-33-34-35-36-37-38-40-41-43-45-47-49-51-53-55-61(65)60(59-70-71(67,68)69-58-57-64(3,4)5)63-62(66)56-54-52-50-48-46-44-42-39-23-21-19-17-15-13-11-9-7-2/h9,11,15,17,21,23,42,44,53,55,60-61,65H,6-8,10,12-14,16,18-20,22,24-41,43,45-52,54,56-59H2,1-5H3,(H-,63,66,67,68)/b11-9-,17-15-,23-21-,44-42-,55-53+. The van der Waals surface area contributed by atoms with Crippen LogP contribution in [0.2, 0.25) is 0 Å². The summed E-state index contributed by atoms with van der Waals surface area (Å²) in [7, 11) is 1.24. The number of allylic oxidation sites excluding steroid dienone is 9. The maximum Gasteiger partial charge on any atom is 0.268 e. The second kappa shape index (κ2) is 53.0. The molecular weight excluding hydrogens is 900 g/mol. The number of unbranched alkanes of at least 4 members (excludes halogenated alkanes) is 34. The highest BCUT2D eigenvalue weighted by Crippen LogP contribution is 2.38. The van der Waals surface area contributed by atoms with Gasteiger partial charge in [0.25, 0.3) is 7.82 Å². The first kappa shape index (κ1) is 69.2. The second-order valence-corrected chi connectivity index (χ2v) is 23.1. The molecule has 71 heavy (non-hydrogen) atoms. The summed E-state index contributed by atoms with van der Waals surface area (Å²) in [5.41, 5.74) is 0. The predicted molar refractivity (Wildman–Crippen MR) is 307 cm³/mol. The van der Waals surface area contributed by atoms with Crippen molar-refractivity contribution in [2.24, 2.45) is 0 Å². The molecular formula is C62H117N2O6P. The Morgan fingerprint density at radius 3 is 1.25 bits per heavy atom. The van der Waals surface area contributed by atoms with Crippen molar-refractivity contribution >= 4 is 13.7 Å². The zero-order chi connectivity index (χ0) is 52.0. The molecule has 416 valence electrons. The quantitative estimate of drug-likeness (QED) is 0.0272. The first-order valence-electron chi connectivity index (χ1n) is 30.2. The van der Waals surface area contributed by atoms with E-state index in [2.05, 4.69) is 67.8 Å². The van der Waals surface area contributed by atoms with Gasteiger partial charge in [0.15, 0.2) is 0 Å². The minimum absolute atomic E-state index is 0.00819. The Bertz CT molecular complexity index is 1340. The molecule has 0 saturated heterocycles. The summed E-state index contributed by atoms with van der Waals surface area (Å²) in [5.74, 6) is -0.220. The van der Waals surface area contributed by atoms with Gasteiger partial charge in [-0.3, -0.25) is 9.36 Å². The molecule has 0 spiro atoms. The van der Waals surface area contributed by atoms with Crippen molar-refractivity contribution in [1.82, 2.24) is 5.32 Å². The van der Waals surface area contributed by atoms with E-state index in [1.807, 2.05) is 27.2 Å². The number of hydrogen-bond acceptors (Lipinski definition) is 6. The van der Waals surface area contributed by atoms with E-state index in [0.29, 0.717) is 17.4 Å². The van der Waals surface area contributed by atoms with Crippen LogP contribution in [-0.2, 0) is 18.4 Å². The molecule has 9 heteroatoms. The van der Waals surface area contributed by atoms with Gasteiger partial charge in [-0.05, 0) is 57.8 Å². The van der Waals surface area contributed by atoms with Crippen molar-refractivity contribution in [3.8, 4) is 0 Å². The molecule has 3 atom stereocenters. The molecule has 0 aromatic heterocycles. The fourth-order valence-electron chi connectivity index (χ4n) is 8.79. The number of carbonyl (C=O) groups excluding carboxylic acids is 1. The molecule has 1 amide bonds. The predicted octanol–water partition coefficient (Wildman–Crippen LogP) is 17.9. The van der Waals surface area contributed by atoms with Crippen molar-refractivity contribution < 1.29 is 32.9 Å². The highest BCUT2D eigenvalue weighted by atomic mass is 31.2. The summed E-state index contributed by atoms with van der Waals surface area (Å²) in [6.45, 7) is 4.54. The molecule has 0 aromatic rings. The molecule has 0 aliphatic heterocycles. The van der Waals surface area contributed by atoms with Crippen molar-refractivity contribution in [3.63, 3.8) is 0 Å². The number of aliphatic hydroxyl groups is 1. The maximum absolute atomic E-state index is 12.9. The van der Waals surface area contributed by atoms with E-state index in [4.69, 9.17) is 9.05 Å². The fourth-order valence-corrected chi connectivity index (χ4v) is 9.52. The van der Waals surface area contributed by atoms with Crippen molar-refractivity contribution in [2.75, 3.05) is 40.9 Å². The van der Waals surface area contributed by atoms with Crippen LogP contribution in [0.3, 0.4) is 0 Å². The van der Waals surface area contributed by atoms with E-state index in [9.17, 15) is 19.4 Å². The number of nitrogens with zero attached hydrogens (tertiary/aromatic N) is 1. The van der Waals surface area contributed by atoms with Gasteiger partial charge in [-0.2, -0.15) is 0 Å². The number of rotatable bonds is 55. The van der Waals surface area contributed by atoms with Crippen LogP contribution in [0.1, 0.15) is 277 Å². The Hall–Kier alpha value is -1.80. The van der Waals surface area contributed by atoms with Gasteiger partial charge >= 0.3 is 0 Å². The van der Waals surface area contributed by atoms with Gasteiger partial charge in [0.05, 0.1) is 39.9 Å². The largest absolute Gasteiger partial charge is 0.756 e. The van der Waals surface area contributed by atoms with Gasteiger partial charge in [0, 0.05) is 6.42 Å². The van der Waals surface area contributed by atoms with E-state index in [1.165, 1.54) is 180 Å². The lowest BCUT2D eigenvalue weighted by molar-refractivity contribution is -0.870. The van der Waals surface area contributed by atoms with Crippen molar-refractivity contribution in [2.45, 2.75) is 289 Å². The Balaban J connectivity index is 4.11. The van der Waals surface area contributed by atoms with Crippen LogP contribution in [0.25, 0.3) is 0 Å². The van der Waals surface area contributed by atoms with E-state index in [-0.39, 0.29) is 12.5 Å². The summed E-state index contributed by atoms with van der Waals surface area (Å²) in [6, 6.07) is -0.903. The second-order valence-electron chi connectivity index (χ2n) is 21.7. The number of phosphoric acid groups is 1. The molecule has 8 nitrogen and oxygen atoms in total. The smallest absolute Gasteiger partial charge is 0.268 e. The van der Waals surface area contributed by atoms with Crippen molar-refractivity contribution in [3.05, 3.63) is 60.8 Å². The van der Waals surface area contributed by atoms with Crippen LogP contribution in [0.15, 0.2) is 60.8 Å². The summed E-state index contributed by atoms with van der Waals surface area (Å²) in [4.78, 5) is 25.5. The number of amides is 1. The Morgan fingerprint density at radius 1 is 0.507 bits per heavy atom. The Labute approximate surface area is 441 Å². The van der Waals surface area contributed by atoms with E-state index in [1.54, 1.807) is 6.08 Å². The molecule has 0 bridgehead atoms. The maximum atomic E-state index is 12.9. The van der Waals surface area contributed by atoms with Gasteiger partial charge in [-0.15, -0.1) is 0 Å². The molecule has 0 aromatic carbocycles. The minimum Gasteiger partial charge on any atom is -0.756 e. The van der Waals surface area contributed by atoms with Crippen LogP contribution in [0.5, 0.6) is 0 Å². The SMILES string of the molecule is CC/C=C\C/C=C\C/C=C\C/C=C\CCCCCCC(=O)NC(COP(=O)([O-])OCC[N+](C)(C)C)C(O)/C=C/CCCCCCCCCCCCCCCCCCCCCCCCCCCCCCCC. The number of carbonyl (C=O) groups is 1. The average molecular weight is 1020 g/mol. The number of quaternary nitrogens is 1. The normalized spacial score (nSPS) is 14.3. The fraction of sp³-hybridized carbons (Fsp3) is 0.823. The number of likely N-dealkylation sites (N-methyl/N-ethyl adjacent to an activating group) is 1. The molecule has 2 N–H and O–H groups in total. The summed E-state index contributed by atoms with van der Waals surface area (Å²) in [5, 5.41) is 13.9. The molecule has 0 rings (SSSR count). The highest BCUT2D eigenvalue weighted by molar-refractivity contribution is 7.45. The number of phosphoric ester groups is 1. The molecule has 0 radical (unpaired) electrons. The zero-order valence-electron chi connectivity index (χ0n) is 47.4. The first-order chi connectivity index (χ1) is 34.5. The van der Waals surface area contributed by atoms with Gasteiger partial charge < -0.3 is 28.8 Å². The van der Waals surface area contributed by atoms with Gasteiger partial charge in [0.2, 0.25) is 5.91 Å². The lowest BCUT2D eigenvalue weighted by Gasteiger charge is -2.29. The third kappa shape index (κ3) is 55.8. The number of aliphatic hydroxyl groups excluding tert-OH is 1. The number of nitrogens with one attached hydrogen (secondary N) is 1. The zero-order valence-corrected chi connectivity index (χ0v) is 48.3. The van der Waals surface area contributed by atoms with Crippen LogP contribution < -0.4 is 10.2 Å². The summed E-state index contributed by atoms with van der Waals surface area (Å²) in [6.07, 6.45) is 71.8. The van der Waals surface area contributed by atoms with Crippen LogP contribution in [0, 0.1) is 0 Å². The van der Waals surface area contributed by atoms with Gasteiger partial charge in [0.1, 0.15) is 13.2 Å². The van der Waals surface area contributed by atoms with Crippen LogP contribution >= 0.6 is 7.82 Å². The third-order valence-corrected chi connectivity index (χ3v) is 14.4. The monoisotopic (exact) mass is 1020 g/mol.